The first-order valence-corrected chi connectivity index (χ1v) is 7.33. The molecular formula is C17H25N3. The van der Waals surface area contributed by atoms with Crippen LogP contribution < -0.4 is 5.32 Å². The van der Waals surface area contributed by atoms with E-state index in [0.717, 1.165) is 19.6 Å². The lowest BCUT2D eigenvalue weighted by atomic mass is 10.1. The van der Waals surface area contributed by atoms with Crippen LogP contribution in [0.4, 0.5) is 0 Å². The molecule has 0 radical (unpaired) electrons. The number of aryl methyl sites for hydroxylation is 2. The van der Waals surface area contributed by atoms with E-state index in [0.29, 0.717) is 5.92 Å². The van der Waals surface area contributed by atoms with Gasteiger partial charge in [0.2, 0.25) is 0 Å². The monoisotopic (exact) mass is 271 g/mol. The van der Waals surface area contributed by atoms with Crippen LogP contribution in [-0.2, 0) is 13.1 Å². The van der Waals surface area contributed by atoms with Gasteiger partial charge in [0.25, 0.3) is 0 Å². The summed E-state index contributed by atoms with van der Waals surface area (Å²) in [6, 6.07) is 6.60. The maximum atomic E-state index is 4.44. The third kappa shape index (κ3) is 4.20. The first-order chi connectivity index (χ1) is 9.54. The molecule has 20 heavy (non-hydrogen) atoms. The summed E-state index contributed by atoms with van der Waals surface area (Å²) >= 11 is 0. The molecule has 0 atom stereocenters. The van der Waals surface area contributed by atoms with Crippen LogP contribution in [0.2, 0.25) is 0 Å². The highest BCUT2D eigenvalue weighted by atomic mass is 15.3. The lowest BCUT2D eigenvalue weighted by Gasteiger charge is -2.06. The molecule has 0 saturated heterocycles. The van der Waals surface area contributed by atoms with E-state index < -0.39 is 0 Å². The normalized spacial score (nSPS) is 11.2. The van der Waals surface area contributed by atoms with Crippen molar-refractivity contribution in [2.45, 2.75) is 40.8 Å². The molecule has 0 aliphatic heterocycles. The van der Waals surface area contributed by atoms with E-state index in [1.807, 2.05) is 10.9 Å². The second-order valence-electron chi connectivity index (χ2n) is 5.99. The van der Waals surface area contributed by atoms with E-state index >= 15 is 0 Å². The number of hydrogen-bond donors (Lipinski definition) is 1. The van der Waals surface area contributed by atoms with Crippen LogP contribution in [0.25, 0.3) is 0 Å². The SMILES string of the molecule is Cc1ccc(Cn2cc(CNCC(C)C)cn2)cc1C. The summed E-state index contributed by atoms with van der Waals surface area (Å²) in [5.74, 6) is 0.681. The molecule has 0 bridgehead atoms. The van der Waals surface area contributed by atoms with Gasteiger partial charge in [-0.1, -0.05) is 32.0 Å². The zero-order chi connectivity index (χ0) is 14.5. The molecule has 0 aliphatic carbocycles. The van der Waals surface area contributed by atoms with E-state index in [4.69, 9.17) is 0 Å². The summed E-state index contributed by atoms with van der Waals surface area (Å²) in [6.07, 6.45) is 4.08. The Bertz CT molecular complexity index is 555. The van der Waals surface area contributed by atoms with Crippen LogP contribution in [0.1, 0.15) is 36.1 Å². The van der Waals surface area contributed by atoms with Crippen LogP contribution in [0.5, 0.6) is 0 Å². The number of hydrogen-bond acceptors (Lipinski definition) is 2. The van der Waals surface area contributed by atoms with E-state index in [9.17, 15) is 0 Å². The van der Waals surface area contributed by atoms with Gasteiger partial charge in [-0.05, 0) is 43.0 Å². The average Bonchev–Trinajstić information content (AvgIpc) is 2.81. The number of nitrogens with one attached hydrogen (secondary N) is 1. The van der Waals surface area contributed by atoms with Crippen LogP contribution in [0.3, 0.4) is 0 Å². The minimum absolute atomic E-state index is 0.681. The summed E-state index contributed by atoms with van der Waals surface area (Å²) in [6.45, 7) is 11.5. The Morgan fingerprint density at radius 1 is 1.15 bits per heavy atom. The Labute approximate surface area is 122 Å². The second-order valence-corrected chi connectivity index (χ2v) is 5.99. The van der Waals surface area contributed by atoms with Gasteiger partial charge in [-0.3, -0.25) is 4.68 Å². The van der Waals surface area contributed by atoms with Crippen LogP contribution in [0, 0.1) is 19.8 Å². The average molecular weight is 271 g/mol. The van der Waals surface area contributed by atoms with E-state index in [1.54, 1.807) is 0 Å². The number of aromatic nitrogens is 2. The molecule has 3 nitrogen and oxygen atoms in total. The molecule has 2 aromatic rings. The molecule has 1 aromatic heterocycles. The molecule has 2 rings (SSSR count). The molecule has 0 fully saturated rings. The molecular weight excluding hydrogens is 246 g/mol. The quantitative estimate of drug-likeness (QED) is 0.873. The van der Waals surface area contributed by atoms with Gasteiger partial charge >= 0.3 is 0 Å². The van der Waals surface area contributed by atoms with Crippen molar-refractivity contribution in [1.29, 1.82) is 0 Å². The van der Waals surface area contributed by atoms with Gasteiger partial charge in [-0.15, -0.1) is 0 Å². The van der Waals surface area contributed by atoms with Gasteiger partial charge in [-0.25, -0.2) is 0 Å². The summed E-state index contributed by atoms with van der Waals surface area (Å²) in [5.41, 5.74) is 5.23. The van der Waals surface area contributed by atoms with Gasteiger partial charge < -0.3 is 5.32 Å². The third-order valence-electron chi connectivity index (χ3n) is 3.48. The zero-order valence-electron chi connectivity index (χ0n) is 13.0. The van der Waals surface area contributed by atoms with Crippen molar-refractivity contribution in [1.82, 2.24) is 15.1 Å². The van der Waals surface area contributed by atoms with Crippen molar-refractivity contribution in [3.8, 4) is 0 Å². The van der Waals surface area contributed by atoms with Gasteiger partial charge in [0, 0.05) is 18.3 Å². The van der Waals surface area contributed by atoms with Crippen molar-refractivity contribution in [3.05, 3.63) is 52.8 Å². The van der Waals surface area contributed by atoms with Gasteiger partial charge in [-0.2, -0.15) is 5.10 Å². The van der Waals surface area contributed by atoms with E-state index in [-0.39, 0.29) is 0 Å². The van der Waals surface area contributed by atoms with Gasteiger partial charge in [0.05, 0.1) is 12.7 Å². The first-order valence-electron chi connectivity index (χ1n) is 7.33. The highest BCUT2D eigenvalue weighted by Crippen LogP contribution is 2.11. The standard InChI is InChI=1S/C17H25N3/c1-13(2)8-18-9-17-10-19-20(12-17)11-16-6-5-14(3)15(4)7-16/h5-7,10,12-13,18H,8-9,11H2,1-4H3. The number of benzene rings is 1. The fourth-order valence-corrected chi connectivity index (χ4v) is 2.18. The molecule has 1 aromatic carbocycles. The maximum Gasteiger partial charge on any atom is 0.0659 e. The lowest BCUT2D eigenvalue weighted by Crippen LogP contribution is -2.18. The second kappa shape index (κ2) is 6.71. The molecule has 0 amide bonds. The highest BCUT2D eigenvalue weighted by Gasteiger charge is 2.02. The van der Waals surface area contributed by atoms with Crippen LogP contribution in [0.15, 0.2) is 30.6 Å². The Kier molecular flexibility index (Phi) is 4.96. The number of nitrogens with zero attached hydrogens (tertiary/aromatic N) is 2. The minimum atomic E-state index is 0.681. The maximum absolute atomic E-state index is 4.44. The minimum Gasteiger partial charge on any atom is -0.312 e. The van der Waals surface area contributed by atoms with Crippen LogP contribution in [-0.4, -0.2) is 16.3 Å². The summed E-state index contributed by atoms with van der Waals surface area (Å²) in [7, 11) is 0. The molecule has 1 N–H and O–H groups in total. The smallest absolute Gasteiger partial charge is 0.0659 e. The van der Waals surface area contributed by atoms with E-state index in [2.05, 4.69) is 62.5 Å². The predicted molar refractivity (Wildman–Crippen MR) is 83.8 cm³/mol. The molecule has 0 aliphatic rings. The first kappa shape index (κ1) is 14.8. The van der Waals surface area contributed by atoms with Crippen molar-refractivity contribution < 1.29 is 0 Å². The van der Waals surface area contributed by atoms with E-state index in [1.165, 1.54) is 22.3 Å². The zero-order valence-corrected chi connectivity index (χ0v) is 13.0. The Balaban J connectivity index is 1.93. The highest BCUT2D eigenvalue weighted by molar-refractivity contribution is 5.30. The molecule has 0 unspecified atom stereocenters. The molecule has 0 saturated carbocycles. The van der Waals surface area contributed by atoms with Crippen molar-refractivity contribution in [2.24, 2.45) is 5.92 Å². The largest absolute Gasteiger partial charge is 0.312 e. The van der Waals surface area contributed by atoms with Crippen molar-refractivity contribution >= 4 is 0 Å². The fraction of sp³-hybridized carbons (Fsp3) is 0.471. The topological polar surface area (TPSA) is 29.9 Å². The Morgan fingerprint density at radius 3 is 2.65 bits per heavy atom. The van der Waals surface area contributed by atoms with Gasteiger partial charge in [0.1, 0.15) is 0 Å². The summed E-state index contributed by atoms with van der Waals surface area (Å²) < 4.78 is 2.01. The molecule has 0 spiro atoms. The Hall–Kier alpha value is -1.61. The fourth-order valence-electron chi connectivity index (χ4n) is 2.18. The summed E-state index contributed by atoms with van der Waals surface area (Å²) in [4.78, 5) is 0. The molecule has 1 heterocycles. The van der Waals surface area contributed by atoms with Gasteiger partial charge in [0.15, 0.2) is 0 Å². The molecule has 3 heteroatoms. The predicted octanol–water partition coefficient (Wildman–Crippen LogP) is 3.29. The van der Waals surface area contributed by atoms with Crippen molar-refractivity contribution in [3.63, 3.8) is 0 Å². The summed E-state index contributed by atoms with van der Waals surface area (Å²) in [5, 5.41) is 7.88. The molecule has 108 valence electrons. The van der Waals surface area contributed by atoms with Crippen molar-refractivity contribution in [2.75, 3.05) is 6.54 Å². The van der Waals surface area contributed by atoms with Crippen LogP contribution >= 0.6 is 0 Å². The number of rotatable bonds is 6. The lowest BCUT2D eigenvalue weighted by molar-refractivity contribution is 0.552. The Morgan fingerprint density at radius 2 is 1.95 bits per heavy atom. The third-order valence-corrected chi connectivity index (χ3v) is 3.48.